The van der Waals surface area contributed by atoms with Crippen molar-refractivity contribution in [1.82, 2.24) is 30.2 Å². The first kappa shape index (κ1) is 60.8. The van der Waals surface area contributed by atoms with Crippen molar-refractivity contribution in [3.8, 4) is 0 Å². The zero-order valence-electron chi connectivity index (χ0n) is 45.6. The molecule has 4 amide bonds. The van der Waals surface area contributed by atoms with Crippen LogP contribution >= 0.6 is 11.6 Å². The van der Waals surface area contributed by atoms with E-state index in [0.29, 0.717) is 53.4 Å². The highest BCUT2D eigenvalue weighted by Gasteiger charge is 2.44. The fourth-order valence-corrected chi connectivity index (χ4v) is 9.14. The van der Waals surface area contributed by atoms with Crippen molar-refractivity contribution < 1.29 is 36.9 Å². The van der Waals surface area contributed by atoms with Crippen LogP contribution in [0.4, 0.5) is 13.2 Å². The molecule has 2 unspecified atom stereocenters. The number of alkyl halides is 3. The van der Waals surface area contributed by atoms with Gasteiger partial charge in [0.25, 0.3) is 23.6 Å². The Bertz CT molecular complexity index is 2820. The van der Waals surface area contributed by atoms with Gasteiger partial charge in [-0.05, 0) is 103 Å². The lowest BCUT2D eigenvalue weighted by Gasteiger charge is -2.34. The van der Waals surface area contributed by atoms with E-state index in [-0.39, 0.29) is 60.4 Å². The second-order valence-electron chi connectivity index (χ2n) is 20.3. The van der Waals surface area contributed by atoms with E-state index in [1.54, 1.807) is 43.3 Å². The van der Waals surface area contributed by atoms with Gasteiger partial charge in [0.1, 0.15) is 0 Å². The van der Waals surface area contributed by atoms with Crippen LogP contribution in [0.1, 0.15) is 153 Å². The Morgan fingerprint density at radius 1 is 0.727 bits per heavy atom. The molecule has 0 spiro atoms. The van der Waals surface area contributed by atoms with Crippen LogP contribution in [-0.4, -0.2) is 88.3 Å². The lowest BCUT2D eigenvalue weighted by Crippen LogP contribution is -2.45. The van der Waals surface area contributed by atoms with Gasteiger partial charge in [-0.15, -0.1) is 0 Å². The molecule has 1 heterocycles. The van der Waals surface area contributed by atoms with Crippen LogP contribution in [-0.2, 0) is 46.5 Å². The average molecular weight is 1080 g/mol. The minimum absolute atomic E-state index is 0.0626. The van der Waals surface area contributed by atoms with E-state index in [1.165, 1.54) is 30.4 Å². The number of halogens is 4. The molecule has 0 aliphatic heterocycles. The molecule has 2 aliphatic rings. The highest BCUT2D eigenvalue weighted by Crippen LogP contribution is 2.40. The van der Waals surface area contributed by atoms with Gasteiger partial charge in [-0.3, -0.25) is 29.2 Å². The van der Waals surface area contributed by atoms with Crippen LogP contribution in [0.2, 0.25) is 5.02 Å². The predicted octanol–water partition coefficient (Wildman–Crippen LogP) is 10.7. The number of hydrogen-bond acceptors (Lipinski definition) is 9. The molecule has 2 saturated carbocycles. The molecule has 19 heteroatoms. The summed E-state index contributed by atoms with van der Waals surface area (Å²) in [5, 5.41) is 7.22. The number of benzene rings is 4. The van der Waals surface area contributed by atoms with Gasteiger partial charge in [-0.2, -0.15) is 18.2 Å². The minimum Gasteiger partial charge on any atom is -0.390 e. The van der Waals surface area contributed by atoms with Crippen molar-refractivity contribution in [2.75, 3.05) is 21.1 Å². The summed E-state index contributed by atoms with van der Waals surface area (Å²) < 4.78 is 47.2. The number of nitrogens with two attached hydrogens (primary N) is 2. The number of aliphatic imine (C=N–C) groups is 2. The number of aromatic nitrogens is 2. The topological polar surface area (TPSA) is 206 Å². The number of amides is 4. The quantitative estimate of drug-likeness (QED) is 0.0471. The minimum atomic E-state index is -4.77. The molecule has 5 N–H and O–H groups in total. The second kappa shape index (κ2) is 27.3. The monoisotopic (exact) mass is 1080 g/mol. The van der Waals surface area contributed by atoms with Gasteiger partial charge in [0, 0.05) is 46.2 Å². The lowest BCUT2D eigenvalue weighted by atomic mass is 9.81. The van der Waals surface area contributed by atoms with E-state index in [4.69, 9.17) is 27.6 Å². The molecule has 77 heavy (non-hydrogen) atoms. The molecule has 414 valence electrons. The van der Waals surface area contributed by atoms with Crippen molar-refractivity contribution in [2.45, 2.75) is 135 Å². The molecule has 0 saturated heterocycles. The number of rotatable bonds is 21. The zero-order valence-corrected chi connectivity index (χ0v) is 46.4. The van der Waals surface area contributed by atoms with Gasteiger partial charge in [0.2, 0.25) is 5.89 Å². The van der Waals surface area contributed by atoms with Gasteiger partial charge in [-0.1, -0.05) is 131 Å². The Balaban J connectivity index is 0.000000286. The van der Waals surface area contributed by atoms with Crippen LogP contribution in [0, 0.1) is 11.8 Å². The largest absolute Gasteiger partial charge is 0.417 e. The van der Waals surface area contributed by atoms with E-state index in [2.05, 4.69) is 39.3 Å². The molecular weight excluding hydrogens is 1010 g/mol. The number of hydrogen-bond donors (Lipinski definition) is 3. The third-order valence-corrected chi connectivity index (χ3v) is 13.4. The summed E-state index contributed by atoms with van der Waals surface area (Å²) in [6.07, 6.45) is 3.01. The Labute approximate surface area is 455 Å². The van der Waals surface area contributed by atoms with Crippen LogP contribution < -0.4 is 16.8 Å². The number of nitrogens with one attached hydrogen (secondary N) is 1. The first-order valence-corrected chi connectivity index (χ1v) is 26.5. The summed E-state index contributed by atoms with van der Waals surface area (Å²) in [7, 11) is 4.68. The van der Waals surface area contributed by atoms with Gasteiger partial charge in [-0.25, -0.2) is 0 Å². The van der Waals surface area contributed by atoms with Crippen molar-refractivity contribution in [3.05, 3.63) is 153 Å². The van der Waals surface area contributed by atoms with E-state index in [9.17, 15) is 32.3 Å². The van der Waals surface area contributed by atoms with E-state index < -0.39 is 34.3 Å². The molecule has 0 radical (unpaired) electrons. The van der Waals surface area contributed by atoms with Gasteiger partial charge in [0.15, 0.2) is 16.9 Å². The maximum atomic E-state index is 14.1. The lowest BCUT2D eigenvalue weighted by molar-refractivity contribution is -0.138. The molecule has 2 fully saturated rings. The second-order valence-corrected chi connectivity index (χ2v) is 20.7. The van der Waals surface area contributed by atoms with E-state index >= 15 is 0 Å². The molecule has 7 rings (SSSR count). The Kier molecular flexibility index (Phi) is 21.5. The zero-order chi connectivity index (χ0) is 56.7. The molecular formula is C58H74ClF3N10O5. The van der Waals surface area contributed by atoms with Crippen LogP contribution in [0.5, 0.6) is 0 Å². The first-order chi connectivity index (χ1) is 36.6. The standard InChI is InChI=1S/C31H37F3N6O3.C25H31ClN4O2.C2H6/c1-20(2)14-15-30(36-19-35,23-8-6-5-7-9-23)29(42)40(4)17-21-10-13-25(31(32,33)34)24(16-21)28(41)39(3)18-26-37-27(43-38-26)22-11-12-22;1-17(2)14-25(28-16-27,19-7-5-4-6-8-19)24(32)30(3)15-18-9-12-22(26)21(13-18)23(31)29-20-10-11-20;1-2/h5-10,13,16,19-20,22H,11-12,14-15,17-18H2,1-4H3,(H2,35,36);4-9,12-13,16-17,20H,10-11,14-15H2,1-3H3,(H2,27,28)(H,29,31);1-2H3. The summed E-state index contributed by atoms with van der Waals surface area (Å²) in [4.78, 5) is 71.1. The fraction of sp³-hybridized carbons (Fsp3) is 0.448. The highest BCUT2D eigenvalue weighted by atomic mass is 35.5. The van der Waals surface area contributed by atoms with Crippen LogP contribution in [0.15, 0.2) is 112 Å². The average Bonchev–Trinajstić information content (AvgIpc) is 4.38. The molecule has 2 aliphatic carbocycles. The van der Waals surface area contributed by atoms with E-state index in [1.807, 2.05) is 82.3 Å². The van der Waals surface area contributed by atoms with Crippen molar-refractivity contribution >= 4 is 47.9 Å². The molecule has 0 bridgehead atoms. The van der Waals surface area contributed by atoms with Gasteiger partial charge >= 0.3 is 6.18 Å². The molecule has 5 aromatic rings. The molecule has 2 atom stereocenters. The third-order valence-electron chi connectivity index (χ3n) is 13.1. The summed E-state index contributed by atoms with van der Waals surface area (Å²) in [5.74, 6) is -0.174. The molecule has 4 aromatic carbocycles. The molecule has 15 nitrogen and oxygen atoms in total. The smallest absolute Gasteiger partial charge is 0.390 e. The molecule has 1 aromatic heterocycles. The van der Waals surface area contributed by atoms with Gasteiger partial charge < -0.3 is 36.0 Å². The van der Waals surface area contributed by atoms with Gasteiger partial charge in [0.05, 0.1) is 40.9 Å². The Hall–Kier alpha value is -7.08. The van der Waals surface area contributed by atoms with Crippen LogP contribution in [0.25, 0.3) is 0 Å². The first-order valence-electron chi connectivity index (χ1n) is 26.1. The fourth-order valence-electron chi connectivity index (χ4n) is 8.94. The maximum absolute atomic E-state index is 14.1. The van der Waals surface area contributed by atoms with Crippen LogP contribution in [0.3, 0.4) is 0 Å². The number of carbonyl (C=O) groups is 4. The maximum Gasteiger partial charge on any atom is 0.417 e. The number of nitrogens with zero attached hydrogens (tertiary/aromatic N) is 7. The summed E-state index contributed by atoms with van der Waals surface area (Å²) in [5.41, 5.74) is 10.5. The highest BCUT2D eigenvalue weighted by molar-refractivity contribution is 6.33. The third kappa shape index (κ3) is 16.0. The van der Waals surface area contributed by atoms with Crippen molar-refractivity contribution in [2.24, 2.45) is 33.3 Å². The van der Waals surface area contributed by atoms with Crippen molar-refractivity contribution in [3.63, 3.8) is 0 Å². The predicted molar refractivity (Wildman–Crippen MR) is 295 cm³/mol. The van der Waals surface area contributed by atoms with E-state index in [0.717, 1.165) is 54.1 Å². The summed E-state index contributed by atoms with van der Waals surface area (Å²) in [6.45, 7) is 12.3. The SMILES string of the molecule is CC.CC(C)CC(N=CN)(C(=O)N(C)Cc1ccc(Cl)c(C(=O)NC2CC2)c1)c1ccccc1.CC(C)CCC(N=CN)(C(=O)N(C)Cc1ccc(C(F)(F)F)c(C(=O)N(C)Cc2noc(C3CC3)n2)c1)c1ccccc1. The number of likely N-dealkylation sites (N-methyl/N-ethyl adjacent to an activating group) is 2. The number of carbonyl (C=O) groups excluding carboxylic acids is 4. The summed E-state index contributed by atoms with van der Waals surface area (Å²) >= 11 is 6.27. The Morgan fingerprint density at radius 3 is 1.75 bits per heavy atom. The summed E-state index contributed by atoms with van der Waals surface area (Å²) in [6, 6.07) is 27.4. The Morgan fingerprint density at radius 2 is 1.25 bits per heavy atom. The normalized spacial score (nSPS) is 14.9. The van der Waals surface area contributed by atoms with Crippen molar-refractivity contribution in [1.29, 1.82) is 0 Å².